The van der Waals surface area contributed by atoms with E-state index in [-0.39, 0.29) is 19.4 Å². The molecule has 0 bridgehead atoms. The fraction of sp³-hybridized carbons (Fsp3) is 0.684. The van der Waals surface area contributed by atoms with Crippen LogP contribution >= 0.6 is 0 Å². The molecule has 1 heterocycles. The number of nitrogens with one attached hydrogen (secondary N) is 2. The number of carbonyl (C=O) groups excluding carboxylic acids is 2. The molecule has 0 aromatic carbocycles. The number of aryl methyl sites for hydroxylation is 1. The Balaban J connectivity index is 2.68. The van der Waals surface area contributed by atoms with Crippen LogP contribution in [0.2, 0.25) is 0 Å². The molecule has 6 N–H and O–H groups in total. The number of aliphatic carboxylic acids is 2. The molecule has 2 unspecified atom stereocenters. The first-order valence-corrected chi connectivity index (χ1v) is 10.2. The molecule has 0 spiro atoms. The van der Waals surface area contributed by atoms with Gasteiger partial charge in [0.15, 0.2) is 0 Å². The molecule has 0 aliphatic carbocycles. The fourth-order valence-corrected chi connectivity index (χ4v) is 2.67. The Morgan fingerprint density at radius 2 is 1.78 bits per heavy atom. The number of unbranched alkanes of at least 4 members (excludes halogenated alkanes) is 1. The molecule has 0 saturated carbocycles. The molecule has 1 aromatic rings. The third kappa shape index (κ3) is 10.7. The zero-order valence-electron chi connectivity index (χ0n) is 18.5. The van der Waals surface area contributed by atoms with E-state index >= 15 is 0 Å². The summed E-state index contributed by atoms with van der Waals surface area (Å²) in [4.78, 5) is 46.8. The highest BCUT2D eigenvalue weighted by atomic mass is 16.6. The van der Waals surface area contributed by atoms with Crippen LogP contribution in [0.3, 0.4) is 0 Å². The van der Waals surface area contributed by atoms with E-state index in [1.165, 1.54) is 0 Å². The van der Waals surface area contributed by atoms with Crippen LogP contribution in [0.5, 0.6) is 0 Å². The minimum Gasteiger partial charge on any atom is -0.481 e. The van der Waals surface area contributed by atoms with Crippen LogP contribution in [0.15, 0.2) is 6.20 Å². The van der Waals surface area contributed by atoms with Crippen molar-refractivity contribution in [2.24, 2.45) is 5.73 Å². The topological polar surface area (TPSA) is 199 Å². The third-order valence-electron chi connectivity index (χ3n) is 4.17. The average Bonchev–Trinajstić information content (AvgIpc) is 3.13. The largest absolute Gasteiger partial charge is 0.481 e. The first-order valence-electron chi connectivity index (χ1n) is 10.2. The molecule has 2 atom stereocenters. The summed E-state index contributed by atoms with van der Waals surface area (Å²) in [5.41, 5.74) is 5.37. The van der Waals surface area contributed by atoms with E-state index < -0.39 is 48.0 Å². The van der Waals surface area contributed by atoms with E-state index in [1.54, 1.807) is 31.6 Å². The number of amides is 2. The minimum absolute atomic E-state index is 0.244. The van der Waals surface area contributed by atoms with Gasteiger partial charge in [0.1, 0.15) is 17.7 Å². The van der Waals surface area contributed by atoms with Gasteiger partial charge in [-0.05, 0) is 46.5 Å². The highest BCUT2D eigenvalue weighted by Crippen LogP contribution is 2.12. The van der Waals surface area contributed by atoms with Crippen molar-refractivity contribution in [3.63, 3.8) is 0 Å². The van der Waals surface area contributed by atoms with E-state index in [0.29, 0.717) is 25.1 Å². The highest BCUT2D eigenvalue weighted by Gasteiger charge is 2.28. The van der Waals surface area contributed by atoms with Crippen molar-refractivity contribution in [2.75, 3.05) is 0 Å². The van der Waals surface area contributed by atoms with Gasteiger partial charge in [0.05, 0.1) is 5.69 Å². The number of hydrogen-bond acceptors (Lipinski definition) is 8. The maximum absolute atomic E-state index is 12.5. The van der Waals surface area contributed by atoms with E-state index in [9.17, 15) is 24.3 Å². The van der Waals surface area contributed by atoms with Gasteiger partial charge in [-0.2, -0.15) is 0 Å². The van der Waals surface area contributed by atoms with Gasteiger partial charge < -0.3 is 31.3 Å². The number of nitrogens with zero attached hydrogens (tertiary/aromatic N) is 3. The van der Waals surface area contributed by atoms with Crippen LogP contribution < -0.4 is 16.4 Å². The second-order valence-corrected chi connectivity index (χ2v) is 8.20. The monoisotopic (exact) mass is 456 g/mol. The number of esters is 1. The average molecular weight is 457 g/mol. The van der Waals surface area contributed by atoms with E-state index in [2.05, 4.69) is 20.9 Å². The van der Waals surface area contributed by atoms with Gasteiger partial charge in [-0.15, -0.1) is 5.10 Å². The quantitative estimate of drug-likeness (QED) is 0.202. The number of urea groups is 1. The second kappa shape index (κ2) is 12.6. The van der Waals surface area contributed by atoms with E-state index in [0.717, 1.165) is 0 Å². The zero-order chi connectivity index (χ0) is 24.3. The SMILES string of the molecule is CC(C)(C)OC(=O)C(CCCCn1cc(CN)nn1)NC(=O)NC(CCC(=O)O)C(=O)O. The lowest BCUT2D eigenvalue weighted by molar-refractivity contribution is -0.157. The minimum atomic E-state index is -1.41. The van der Waals surface area contributed by atoms with Crippen LogP contribution in [0, 0.1) is 0 Å². The molecule has 0 saturated heterocycles. The Bertz CT molecular complexity index is 789. The number of ether oxygens (including phenoxy) is 1. The molecule has 180 valence electrons. The van der Waals surface area contributed by atoms with Gasteiger partial charge in [0.25, 0.3) is 0 Å². The predicted molar refractivity (Wildman–Crippen MR) is 111 cm³/mol. The number of nitrogens with two attached hydrogens (primary N) is 1. The molecule has 0 fully saturated rings. The Hall–Kier alpha value is -3.22. The third-order valence-corrected chi connectivity index (χ3v) is 4.17. The smallest absolute Gasteiger partial charge is 0.329 e. The lowest BCUT2D eigenvalue weighted by Gasteiger charge is -2.25. The summed E-state index contributed by atoms with van der Waals surface area (Å²) in [5, 5.41) is 30.4. The van der Waals surface area contributed by atoms with Crippen molar-refractivity contribution in [2.45, 2.75) is 83.6 Å². The molecule has 2 amide bonds. The molecule has 0 aliphatic heterocycles. The van der Waals surface area contributed by atoms with E-state index in [4.69, 9.17) is 15.6 Å². The first kappa shape index (κ1) is 26.8. The summed E-state index contributed by atoms with van der Waals surface area (Å²) in [5.74, 6) is -3.22. The Labute approximate surface area is 185 Å². The lowest BCUT2D eigenvalue weighted by atomic mass is 10.1. The number of aromatic nitrogens is 3. The number of carboxylic acids is 2. The van der Waals surface area contributed by atoms with E-state index in [1.807, 2.05) is 0 Å². The lowest BCUT2D eigenvalue weighted by Crippen LogP contribution is -2.52. The predicted octanol–water partition coefficient (Wildman–Crippen LogP) is 0.235. The van der Waals surface area contributed by atoms with Crippen LogP contribution in [0.25, 0.3) is 0 Å². The molecular weight excluding hydrogens is 424 g/mol. The number of carbonyl (C=O) groups is 4. The Morgan fingerprint density at radius 1 is 1.12 bits per heavy atom. The van der Waals surface area contributed by atoms with Crippen molar-refractivity contribution in [1.82, 2.24) is 25.6 Å². The molecule has 1 aromatic heterocycles. The molecule has 0 aliphatic rings. The van der Waals surface area contributed by atoms with Gasteiger partial charge in [-0.25, -0.2) is 14.4 Å². The normalized spacial score (nSPS) is 13.1. The maximum Gasteiger partial charge on any atom is 0.329 e. The van der Waals surface area contributed by atoms with Crippen LogP contribution in [-0.2, 0) is 32.2 Å². The Morgan fingerprint density at radius 3 is 2.31 bits per heavy atom. The molecule has 13 heteroatoms. The molecule has 0 radical (unpaired) electrons. The summed E-state index contributed by atoms with van der Waals surface area (Å²) in [6, 6.07) is -3.32. The van der Waals surface area contributed by atoms with Crippen molar-refractivity contribution in [3.8, 4) is 0 Å². The van der Waals surface area contributed by atoms with Gasteiger partial charge in [-0.1, -0.05) is 5.21 Å². The number of rotatable bonds is 13. The van der Waals surface area contributed by atoms with Crippen LogP contribution in [-0.4, -0.2) is 66.8 Å². The van der Waals surface area contributed by atoms with Gasteiger partial charge in [0.2, 0.25) is 0 Å². The zero-order valence-corrected chi connectivity index (χ0v) is 18.5. The van der Waals surface area contributed by atoms with Crippen LogP contribution in [0.4, 0.5) is 4.79 Å². The molecule has 1 rings (SSSR count). The first-order chi connectivity index (χ1) is 14.9. The number of hydrogen-bond donors (Lipinski definition) is 5. The maximum atomic E-state index is 12.5. The summed E-state index contributed by atoms with van der Waals surface area (Å²) in [6.07, 6.45) is 2.41. The second-order valence-electron chi connectivity index (χ2n) is 8.20. The number of carboxylic acid groups (broad SMARTS) is 2. The molecule has 32 heavy (non-hydrogen) atoms. The summed E-state index contributed by atoms with van der Waals surface area (Å²) >= 11 is 0. The van der Waals surface area contributed by atoms with Crippen LogP contribution in [0.1, 0.15) is 58.6 Å². The van der Waals surface area contributed by atoms with Gasteiger partial charge in [0, 0.05) is 25.7 Å². The molecular formula is C19H32N6O7. The molecule has 13 nitrogen and oxygen atoms in total. The van der Waals surface area contributed by atoms with Crippen molar-refractivity contribution < 1.29 is 34.1 Å². The van der Waals surface area contributed by atoms with Crippen molar-refractivity contribution in [3.05, 3.63) is 11.9 Å². The Kier molecular flexibility index (Phi) is 10.5. The van der Waals surface area contributed by atoms with Gasteiger partial charge >= 0.3 is 23.9 Å². The van der Waals surface area contributed by atoms with Crippen molar-refractivity contribution in [1.29, 1.82) is 0 Å². The summed E-state index contributed by atoms with van der Waals surface area (Å²) < 4.78 is 6.98. The highest BCUT2D eigenvalue weighted by molar-refractivity contribution is 5.87. The van der Waals surface area contributed by atoms with Crippen molar-refractivity contribution >= 4 is 23.9 Å². The fourth-order valence-electron chi connectivity index (χ4n) is 2.67. The van der Waals surface area contributed by atoms with Gasteiger partial charge in [-0.3, -0.25) is 9.48 Å². The standard InChI is InChI=1S/C19H32N6O7/c1-19(2,3)32-17(30)14(6-4-5-9-25-11-12(10-20)23-24-25)22-18(31)21-13(16(28)29)7-8-15(26)27/h11,13-14H,4-10,20H2,1-3H3,(H,26,27)(H,28,29)(H2,21,22,31). The summed E-state index contributed by atoms with van der Waals surface area (Å²) in [6.45, 7) is 5.89. The summed E-state index contributed by atoms with van der Waals surface area (Å²) in [7, 11) is 0.